The molecule has 2 amide bonds. The highest BCUT2D eigenvalue weighted by Crippen LogP contribution is 2.24. The summed E-state index contributed by atoms with van der Waals surface area (Å²) in [6.45, 7) is 3.30. The van der Waals surface area contributed by atoms with E-state index in [2.05, 4.69) is 12.2 Å². The number of carbonyl (C=O) groups is 3. The second-order valence-electron chi connectivity index (χ2n) is 7.96. The SMILES string of the molecule is CCCCOc1ccccc1C(=O)N1CCNC(=O)[C@@H]1CC(=O)OC1CCCCC1. The summed E-state index contributed by atoms with van der Waals surface area (Å²) in [5.41, 5.74) is 0.411. The fraction of sp³-hybridized carbons (Fsp3) is 0.609. The summed E-state index contributed by atoms with van der Waals surface area (Å²) in [7, 11) is 0. The molecule has 1 aliphatic heterocycles. The van der Waals surface area contributed by atoms with E-state index in [1.165, 1.54) is 11.3 Å². The highest BCUT2D eigenvalue weighted by atomic mass is 16.5. The molecule has 2 aliphatic rings. The Morgan fingerprint density at radius 3 is 2.70 bits per heavy atom. The molecule has 0 spiro atoms. The van der Waals surface area contributed by atoms with Gasteiger partial charge in [0.15, 0.2) is 0 Å². The summed E-state index contributed by atoms with van der Waals surface area (Å²) >= 11 is 0. The quantitative estimate of drug-likeness (QED) is 0.520. The molecule has 2 fully saturated rings. The lowest BCUT2D eigenvalue weighted by molar-refractivity contribution is -0.153. The van der Waals surface area contributed by atoms with Crippen LogP contribution in [0.3, 0.4) is 0 Å². The van der Waals surface area contributed by atoms with Crippen LogP contribution in [0.4, 0.5) is 0 Å². The van der Waals surface area contributed by atoms with E-state index in [0.29, 0.717) is 31.0 Å². The number of amides is 2. The third-order valence-electron chi connectivity index (χ3n) is 5.67. The lowest BCUT2D eigenvalue weighted by atomic mass is 9.98. The summed E-state index contributed by atoms with van der Waals surface area (Å²) in [4.78, 5) is 39.8. The highest BCUT2D eigenvalue weighted by molar-refractivity contribution is 6.01. The van der Waals surface area contributed by atoms with Crippen molar-refractivity contribution < 1.29 is 23.9 Å². The number of hydrogen-bond donors (Lipinski definition) is 1. The van der Waals surface area contributed by atoms with Gasteiger partial charge in [-0.15, -0.1) is 0 Å². The van der Waals surface area contributed by atoms with Gasteiger partial charge in [-0.3, -0.25) is 14.4 Å². The Kier molecular flexibility index (Phi) is 8.11. The monoisotopic (exact) mass is 416 g/mol. The third kappa shape index (κ3) is 5.74. The minimum absolute atomic E-state index is 0.0743. The molecule has 0 bridgehead atoms. The average Bonchev–Trinajstić information content (AvgIpc) is 2.76. The Hall–Kier alpha value is -2.57. The molecule has 1 heterocycles. The smallest absolute Gasteiger partial charge is 0.308 e. The van der Waals surface area contributed by atoms with Gasteiger partial charge < -0.3 is 19.7 Å². The summed E-state index contributed by atoms with van der Waals surface area (Å²) in [5, 5.41) is 2.76. The zero-order chi connectivity index (χ0) is 21.3. The molecule has 0 aromatic heterocycles. The van der Waals surface area contributed by atoms with Crippen molar-refractivity contribution in [3.05, 3.63) is 29.8 Å². The maximum Gasteiger partial charge on any atom is 0.308 e. The number of ether oxygens (including phenoxy) is 2. The van der Waals surface area contributed by atoms with Gasteiger partial charge in [-0.25, -0.2) is 0 Å². The van der Waals surface area contributed by atoms with E-state index >= 15 is 0 Å². The molecule has 30 heavy (non-hydrogen) atoms. The molecule has 0 radical (unpaired) electrons. The van der Waals surface area contributed by atoms with Crippen molar-refractivity contribution in [2.24, 2.45) is 0 Å². The number of hydrogen-bond acceptors (Lipinski definition) is 5. The number of nitrogens with zero attached hydrogens (tertiary/aromatic N) is 1. The van der Waals surface area contributed by atoms with Gasteiger partial charge in [-0.05, 0) is 44.2 Å². The van der Waals surface area contributed by atoms with Crippen LogP contribution in [0.1, 0.15) is 68.6 Å². The Morgan fingerprint density at radius 1 is 1.17 bits per heavy atom. The standard InChI is InChI=1S/C23H32N2O5/c1-2-3-15-29-20-12-8-7-11-18(20)23(28)25-14-13-24-22(27)19(25)16-21(26)30-17-9-5-4-6-10-17/h7-8,11-12,17,19H,2-6,9-10,13-16H2,1H3,(H,24,27)/t19-/m0/s1. The van der Waals surface area contributed by atoms with Gasteiger partial charge >= 0.3 is 5.97 Å². The van der Waals surface area contributed by atoms with E-state index in [0.717, 1.165) is 38.5 Å². The van der Waals surface area contributed by atoms with Gasteiger partial charge in [0.05, 0.1) is 18.6 Å². The van der Waals surface area contributed by atoms with Gasteiger partial charge in [0, 0.05) is 13.1 Å². The first-order chi connectivity index (χ1) is 14.6. The minimum atomic E-state index is -0.869. The van der Waals surface area contributed by atoms with E-state index in [1.54, 1.807) is 18.2 Å². The van der Waals surface area contributed by atoms with Crippen LogP contribution < -0.4 is 10.1 Å². The first-order valence-corrected chi connectivity index (χ1v) is 11.1. The number of carbonyl (C=O) groups excluding carboxylic acids is 3. The molecule has 1 aromatic carbocycles. The number of rotatable bonds is 8. The summed E-state index contributed by atoms with van der Waals surface area (Å²) in [6.07, 6.45) is 6.70. The van der Waals surface area contributed by atoms with E-state index < -0.39 is 12.0 Å². The van der Waals surface area contributed by atoms with Crippen LogP contribution in [0.15, 0.2) is 24.3 Å². The van der Waals surface area contributed by atoms with Crippen LogP contribution in [-0.4, -0.2) is 54.5 Å². The molecule has 1 aromatic rings. The topological polar surface area (TPSA) is 84.9 Å². The van der Waals surface area contributed by atoms with Crippen molar-refractivity contribution in [3.8, 4) is 5.75 Å². The number of unbranched alkanes of at least 4 members (excludes halogenated alkanes) is 1. The van der Waals surface area contributed by atoms with Gasteiger partial charge in [0.2, 0.25) is 5.91 Å². The zero-order valence-electron chi connectivity index (χ0n) is 17.7. The van der Waals surface area contributed by atoms with E-state index in [1.807, 2.05) is 6.07 Å². The number of para-hydroxylation sites is 1. The Bertz CT molecular complexity index is 745. The molecule has 1 atom stereocenters. The van der Waals surface area contributed by atoms with Crippen LogP contribution in [0, 0.1) is 0 Å². The largest absolute Gasteiger partial charge is 0.493 e. The second kappa shape index (κ2) is 11.0. The van der Waals surface area contributed by atoms with Gasteiger partial charge in [0.1, 0.15) is 17.9 Å². The van der Waals surface area contributed by atoms with E-state index in [-0.39, 0.29) is 24.3 Å². The van der Waals surface area contributed by atoms with E-state index in [4.69, 9.17) is 9.47 Å². The summed E-state index contributed by atoms with van der Waals surface area (Å²) in [6, 6.07) is 6.19. The van der Waals surface area contributed by atoms with Crippen molar-refractivity contribution in [2.45, 2.75) is 70.4 Å². The first kappa shape index (κ1) is 22.1. The van der Waals surface area contributed by atoms with Crippen LogP contribution in [0.2, 0.25) is 0 Å². The minimum Gasteiger partial charge on any atom is -0.493 e. The predicted octanol–water partition coefficient (Wildman–Crippen LogP) is 3.07. The van der Waals surface area contributed by atoms with E-state index in [9.17, 15) is 14.4 Å². The molecule has 1 N–H and O–H groups in total. The lowest BCUT2D eigenvalue weighted by Crippen LogP contribution is -2.58. The summed E-state index contributed by atoms with van der Waals surface area (Å²) < 4.78 is 11.4. The number of esters is 1. The zero-order valence-corrected chi connectivity index (χ0v) is 17.7. The average molecular weight is 417 g/mol. The van der Waals surface area contributed by atoms with Crippen molar-refractivity contribution >= 4 is 17.8 Å². The van der Waals surface area contributed by atoms with Gasteiger partial charge in [-0.1, -0.05) is 31.9 Å². The predicted molar refractivity (Wildman–Crippen MR) is 112 cm³/mol. The maximum absolute atomic E-state index is 13.3. The fourth-order valence-corrected chi connectivity index (χ4v) is 3.99. The Balaban J connectivity index is 1.70. The highest BCUT2D eigenvalue weighted by Gasteiger charge is 2.37. The molecule has 1 aliphatic carbocycles. The number of nitrogens with one attached hydrogen (secondary N) is 1. The molecule has 1 saturated heterocycles. The number of piperazine rings is 1. The Labute approximate surface area is 178 Å². The number of benzene rings is 1. The van der Waals surface area contributed by atoms with Crippen LogP contribution >= 0.6 is 0 Å². The molecule has 3 rings (SSSR count). The van der Waals surface area contributed by atoms with Gasteiger partial charge in [0.25, 0.3) is 5.91 Å². The maximum atomic E-state index is 13.3. The first-order valence-electron chi connectivity index (χ1n) is 11.1. The van der Waals surface area contributed by atoms with Crippen LogP contribution in [0.5, 0.6) is 5.75 Å². The Morgan fingerprint density at radius 2 is 1.93 bits per heavy atom. The molecule has 7 nitrogen and oxygen atoms in total. The lowest BCUT2D eigenvalue weighted by Gasteiger charge is -2.35. The normalized spacial score (nSPS) is 19.8. The molecule has 164 valence electrons. The van der Waals surface area contributed by atoms with Crippen molar-refractivity contribution in [2.75, 3.05) is 19.7 Å². The van der Waals surface area contributed by atoms with Crippen LogP contribution in [0.25, 0.3) is 0 Å². The van der Waals surface area contributed by atoms with Crippen molar-refractivity contribution in [1.82, 2.24) is 10.2 Å². The van der Waals surface area contributed by atoms with Crippen LogP contribution in [-0.2, 0) is 14.3 Å². The molecule has 0 unspecified atom stereocenters. The molecule has 7 heteroatoms. The molecule has 1 saturated carbocycles. The van der Waals surface area contributed by atoms with Crippen molar-refractivity contribution in [1.29, 1.82) is 0 Å². The second-order valence-corrected chi connectivity index (χ2v) is 7.96. The van der Waals surface area contributed by atoms with Gasteiger partial charge in [-0.2, -0.15) is 0 Å². The fourth-order valence-electron chi connectivity index (χ4n) is 3.99. The third-order valence-corrected chi connectivity index (χ3v) is 5.67. The molecular formula is C23H32N2O5. The summed E-state index contributed by atoms with van der Waals surface area (Å²) in [5.74, 6) is -0.535. The molecular weight excluding hydrogens is 384 g/mol. The van der Waals surface area contributed by atoms with Crippen molar-refractivity contribution in [3.63, 3.8) is 0 Å².